The van der Waals surface area contributed by atoms with E-state index in [-0.39, 0.29) is 0 Å². The number of aliphatic imine (C=N–C) groups is 1. The maximum absolute atomic E-state index is 4.27. The predicted octanol–water partition coefficient (Wildman–Crippen LogP) is 0.669. The molecule has 3 heteroatoms. The van der Waals surface area contributed by atoms with Crippen molar-refractivity contribution in [2.45, 2.75) is 6.42 Å². The molecule has 0 aromatic heterocycles. The zero-order valence-electron chi connectivity index (χ0n) is 6.94. The first-order valence-corrected chi connectivity index (χ1v) is 4.20. The summed E-state index contributed by atoms with van der Waals surface area (Å²) in [4.78, 5) is 12.7. The van der Waals surface area contributed by atoms with E-state index in [9.17, 15) is 0 Å². The van der Waals surface area contributed by atoms with Crippen LogP contribution >= 0.6 is 0 Å². The van der Waals surface area contributed by atoms with Gasteiger partial charge in [-0.1, -0.05) is 6.08 Å². The van der Waals surface area contributed by atoms with Gasteiger partial charge >= 0.3 is 0 Å². The van der Waals surface area contributed by atoms with Gasteiger partial charge in [-0.25, -0.2) is 9.98 Å². The number of benzene rings is 1. The molecule has 2 aliphatic heterocycles. The van der Waals surface area contributed by atoms with E-state index in [0.29, 0.717) is 0 Å². The summed E-state index contributed by atoms with van der Waals surface area (Å²) in [6, 6.07) is 3.96. The first kappa shape index (κ1) is 6.71. The lowest BCUT2D eigenvalue weighted by molar-refractivity contribution is 1.11. The molecule has 0 N–H and O–H groups in total. The van der Waals surface area contributed by atoms with Gasteiger partial charge in [0.15, 0.2) is 0 Å². The molecular weight excluding hydrogens is 162 g/mol. The highest BCUT2D eigenvalue weighted by atomic mass is 14.9. The van der Waals surface area contributed by atoms with Crippen molar-refractivity contribution in [1.29, 1.82) is 0 Å². The van der Waals surface area contributed by atoms with Gasteiger partial charge in [-0.2, -0.15) is 0 Å². The molecule has 62 valence electrons. The maximum Gasteiger partial charge on any atom is 0.116 e. The minimum absolute atomic E-state index is 0.912. The molecule has 0 saturated heterocycles. The van der Waals surface area contributed by atoms with E-state index in [4.69, 9.17) is 0 Å². The van der Waals surface area contributed by atoms with Crippen LogP contribution in [0.2, 0.25) is 0 Å². The highest BCUT2D eigenvalue weighted by molar-refractivity contribution is 5.68. The molecule has 1 aromatic carbocycles. The molecule has 0 atom stereocenters. The second-order valence-electron chi connectivity index (χ2n) is 3.02. The van der Waals surface area contributed by atoms with Gasteiger partial charge in [-0.05, 0) is 18.6 Å². The first-order chi connectivity index (χ1) is 6.45. The third kappa shape index (κ3) is 0.869. The molecule has 1 aromatic rings. The minimum Gasteiger partial charge on any atom is -0.257 e. The van der Waals surface area contributed by atoms with Crippen molar-refractivity contribution in [3.05, 3.63) is 40.7 Å². The van der Waals surface area contributed by atoms with Crippen LogP contribution in [0.4, 0.5) is 5.69 Å². The van der Waals surface area contributed by atoms with Gasteiger partial charge in [0.1, 0.15) is 6.34 Å². The fourth-order valence-corrected chi connectivity index (χ4v) is 1.64. The number of hydrogen-bond acceptors (Lipinski definition) is 3. The number of allylic oxidation sites excluding steroid dienone is 1. The highest BCUT2D eigenvalue weighted by Gasteiger charge is 2.09. The molecule has 0 amide bonds. The van der Waals surface area contributed by atoms with Crippen LogP contribution in [0.5, 0.6) is 0 Å². The minimum atomic E-state index is 0.912. The zero-order chi connectivity index (χ0) is 8.67. The average molecular weight is 169 g/mol. The average Bonchev–Trinajstić information content (AvgIpc) is 2.65. The molecular formula is C10H7N3. The summed E-state index contributed by atoms with van der Waals surface area (Å²) in [5, 5.41) is 1.99. The van der Waals surface area contributed by atoms with Gasteiger partial charge < -0.3 is 0 Å². The van der Waals surface area contributed by atoms with Crippen molar-refractivity contribution in [3.8, 4) is 0 Å². The van der Waals surface area contributed by atoms with Crippen molar-refractivity contribution in [3.63, 3.8) is 0 Å². The first-order valence-electron chi connectivity index (χ1n) is 4.20. The Morgan fingerprint density at radius 1 is 1.08 bits per heavy atom. The molecule has 13 heavy (non-hydrogen) atoms. The topological polar surface area (TPSA) is 37.1 Å². The molecule has 0 saturated carbocycles. The normalized spacial score (nSPS) is 16.0. The Kier molecular flexibility index (Phi) is 1.22. The summed E-state index contributed by atoms with van der Waals surface area (Å²) >= 11 is 0. The third-order valence-corrected chi connectivity index (χ3v) is 2.26. The SMILES string of the molecule is C1=CN=c2ccc3c(c2C1)N=CN=3. The van der Waals surface area contributed by atoms with Crippen molar-refractivity contribution >= 4 is 12.0 Å². The van der Waals surface area contributed by atoms with Crippen LogP contribution in [0.15, 0.2) is 39.4 Å². The zero-order valence-corrected chi connectivity index (χ0v) is 6.94. The second kappa shape index (κ2) is 2.36. The molecule has 0 unspecified atom stereocenters. The molecule has 2 heterocycles. The van der Waals surface area contributed by atoms with E-state index < -0.39 is 0 Å². The predicted molar refractivity (Wildman–Crippen MR) is 49.8 cm³/mol. The quantitative estimate of drug-likeness (QED) is 0.547. The van der Waals surface area contributed by atoms with Crippen LogP contribution in [-0.2, 0) is 6.42 Å². The standard InChI is InChI=1S/C10H7N3/c1-2-7-8(11-5-1)3-4-9-10(7)13-6-12-9/h1,3-6H,2H2. The van der Waals surface area contributed by atoms with Crippen molar-refractivity contribution in [2.24, 2.45) is 15.0 Å². The Hall–Kier alpha value is -1.77. The largest absolute Gasteiger partial charge is 0.257 e. The summed E-state index contributed by atoms with van der Waals surface area (Å²) in [5.41, 5.74) is 2.18. The van der Waals surface area contributed by atoms with E-state index in [1.807, 2.05) is 24.4 Å². The van der Waals surface area contributed by atoms with Crippen molar-refractivity contribution in [1.82, 2.24) is 0 Å². The molecule has 2 aliphatic rings. The van der Waals surface area contributed by atoms with Gasteiger partial charge in [0.05, 0.1) is 16.4 Å². The van der Waals surface area contributed by atoms with E-state index >= 15 is 0 Å². The van der Waals surface area contributed by atoms with Gasteiger partial charge in [0.25, 0.3) is 0 Å². The maximum atomic E-state index is 4.27. The number of fused-ring (bicyclic) bond motifs is 3. The summed E-state index contributed by atoms with van der Waals surface area (Å²) in [5.74, 6) is 0. The van der Waals surface area contributed by atoms with Crippen LogP contribution in [-0.4, -0.2) is 6.34 Å². The second-order valence-corrected chi connectivity index (χ2v) is 3.02. The Balaban J connectivity index is 2.47. The smallest absolute Gasteiger partial charge is 0.116 e. The summed E-state index contributed by atoms with van der Waals surface area (Å²) in [6.45, 7) is 0. The van der Waals surface area contributed by atoms with Crippen LogP contribution in [0.25, 0.3) is 0 Å². The number of nitrogens with zero attached hydrogens (tertiary/aromatic N) is 3. The fraction of sp³-hybridized carbons (Fsp3) is 0.100. The van der Waals surface area contributed by atoms with Crippen molar-refractivity contribution < 1.29 is 0 Å². The van der Waals surface area contributed by atoms with Crippen molar-refractivity contribution in [2.75, 3.05) is 0 Å². The number of rotatable bonds is 0. The van der Waals surface area contributed by atoms with Gasteiger partial charge in [-0.15, -0.1) is 0 Å². The summed E-state index contributed by atoms with van der Waals surface area (Å²) in [6.07, 6.45) is 6.39. The van der Waals surface area contributed by atoms with Crippen LogP contribution in [0.1, 0.15) is 5.56 Å². The Morgan fingerprint density at radius 2 is 2.00 bits per heavy atom. The third-order valence-electron chi connectivity index (χ3n) is 2.26. The van der Waals surface area contributed by atoms with E-state index in [2.05, 4.69) is 15.0 Å². The van der Waals surface area contributed by atoms with Crippen LogP contribution in [0.3, 0.4) is 0 Å². The van der Waals surface area contributed by atoms with Crippen LogP contribution < -0.4 is 10.7 Å². The Labute approximate surface area is 74.9 Å². The Bertz CT molecular complexity index is 538. The molecule has 3 rings (SSSR count). The highest BCUT2D eigenvalue weighted by Crippen LogP contribution is 2.14. The van der Waals surface area contributed by atoms with Gasteiger partial charge in [0.2, 0.25) is 0 Å². The van der Waals surface area contributed by atoms with Gasteiger partial charge in [0, 0.05) is 11.8 Å². The molecule has 0 radical (unpaired) electrons. The monoisotopic (exact) mass is 169 g/mol. The van der Waals surface area contributed by atoms with Gasteiger partial charge in [-0.3, -0.25) is 4.99 Å². The number of hydrogen-bond donors (Lipinski definition) is 0. The summed E-state index contributed by atoms with van der Waals surface area (Å²) in [7, 11) is 0. The molecule has 0 aliphatic carbocycles. The summed E-state index contributed by atoms with van der Waals surface area (Å²) < 4.78 is 0. The molecule has 0 spiro atoms. The Morgan fingerprint density at radius 3 is 3.00 bits per heavy atom. The fourth-order valence-electron chi connectivity index (χ4n) is 1.64. The lowest BCUT2D eigenvalue weighted by atomic mass is 10.1. The van der Waals surface area contributed by atoms with Crippen LogP contribution in [0, 0.1) is 0 Å². The van der Waals surface area contributed by atoms with E-state index in [0.717, 1.165) is 22.8 Å². The lowest BCUT2D eigenvalue weighted by Gasteiger charge is -2.03. The molecule has 0 fully saturated rings. The van der Waals surface area contributed by atoms with E-state index in [1.165, 1.54) is 5.56 Å². The van der Waals surface area contributed by atoms with E-state index in [1.54, 1.807) is 6.34 Å². The molecule has 3 nitrogen and oxygen atoms in total. The lowest BCUT2D eigenvalue weighted by Crippen LogP contribution is -2.16. The molecule has 0 bridgehead atoms.